The molecular formula is C18H25N3O5. The highest BCUT2D eigenvalue weighted by atomic mass is 16.5. The molecule has 0 aliphatic carbocycles. The topological polar surface area (TPSA) is 88.2 Å². The molecule has 0 aromatic heterocycles. The number of esters is 1. The van der Waals surface area contributed by atoms with Gasteiger partial charge < -0.3 is 19.7 Å². The molecule has 1 aliphatic rings. The molecule has 1 aliphatic heterocycles. The van der Waals surface area contributed by atoms with E-state index >= 15 is 0 Å². The van der Waals surface area contributed by atoms with Crippen LogP contribution in [0.2, 0.25) is 0 Å². The molecule has 1 aromatic carbocycles. The van der Waals surface area contributed by atoms with Gasteiger partial charge in [0.15, 0.2) is 0 Å². The molecule has 142 valence electrons. The van der Waals surface area contributed by atoms with E-state index in [-0.39, 0.29) is 18.4 Å². The average molecular weight is 363 g/mol. The molecule has 26 heavy (non-hydrogen) atoms. The van der Waals surface area contributed by atoms with Crippen LogP contribution in [-0.4, -0.2) is 75.7 Å². The number of methoxy groups -OCH3 is 1. The van der Waals surface area contributed by atoms with Crippen LogP contribution in [0.15, 0.2) is 24.3 Å². The summed E-state index contributed by atoms with van der Waals surface area (Å²) < 4.78 is 9.97. The summed E-state index contributed by atoms with van der Waals surface area (Å²) in [5.41, 5.74) is 0.799. The molecule has 0 spiro atoms. The zero-order chi connectivity index (χ0) is 18.9. The van der Waals surface area contributed by atoms with Gasteiger partial charge in [-0.15, -0.1) is 0 Å². The smallest absolute Gasteiger partial charge is 0.337 e. The largest absolute Gasteiger partial charge is 0.465 e. The quantitative estimate of drug-likeness (QED) is 0.700. The number of carbonyl (C=O) groups is 3. The Balaban J connectivity index is 1.91. The van der Waals surface area contributed by atoms with Gasteiger partial charge in [0, 0.05) is 38.8 Å². The molecule has 1 N–H and O–H groups in total. The van der Waals surface area contributed by atoms with Crippen LogP contribution in [0.5, 0.6) is 0 Å². The third kappa shape index (κ3) is 5.82. The van der Waals surface area contributed by atoms with Crippen LogP contribution in [0.3, 0.4) is 0 Å². The summed E-state index contributed by atoms with van der Waals surface area (Å²) >= 11 is 0. The molecule has 0 radical (unpaired) electrons. The van der Waals surface area contributed by atoms with Gasteiger partial charge >= 0.3 is 5.97 Å². The fourth-order valence-electron chi connectivity index (χ4n) is 2.68. The van der Waals surface area contributed by atoms with Gasteiger partial charge in [-0.25, -0.2) is 4.79 Å². The highest BCUT2D eigenvalue weighted by molar-refractivity contribution is 5.99. The van der Waals surface area contributed by atoms with Crippen LogP contribution in [0, 0.1) is 0 Å². The first-order valence-electron chi connectivity index (χ1n) is 8.54. The van der Waals surface area contributed by atoms with Crippen molar-refractivity contribution in [1.82, 2.24) is 10.2 Å². The number of amides is 2. The summed E-state index contributed by atoms with van der Waals surface area (Å²) in [6.45, 7) is 5.66. The SMILES string of the molecule is COC(=O)c1cccc(N(CC(=O)NCCN2CCOCC2)C(C)=O)c1. The number of nitrogens with one attached hydrogen (secondary N) is 1. The van der Waals surface area contributed by atoms with Gasteiger partial charge in [-0.05, 0) is 18.2 Å². The van der Waals surface area contributed by atoms with E-state index in [2.05, 4.69) is 15.0 Å². The lowest BCUT2D eigenvalue weighted by Gasteiger charge is -2.26. The van der Waals surface area contributed by atoms with Crippen molar-refractivity contribution in [2.45, 2.75) is 6.92 Å². The molecule has 1 aromatic rings. The first-order valence-corrected chi connectivity index (χ1v) is 8.54. The maximum Gasteiger partial charge on any atom is 0.337 e. The second kappa shape index (κ2) is 9.88. The van der Waals surface area contributed by atoms with E-state index in [1.54, 1.807) is 18.2 Å². The van der Waals surface area contributed by atoms with E-state index in [1.807, 2.05) is 0 Å². The monoisotopic (exact) mass is 363 g/mol. The van der Waals surface area contributed by atoms with Crippen LogP contribution < -0.4 is 10.2 Å². The number of ether oxygens (including phenoxy) is 2. The molecule has 1 saturated heterocycles. The van der Waals surface area contributed by atoms with Crippen molar-refractivity contribution in [3.8, 4) is 0 Å². The standard InChI is InChI=1S/C18H25N3O5/c1-14(22)21(16-5-3-4-15(12-16)18(24)25-2)13-17(23)19-6-7-20-8-10-26-11-9-20/h3-5,12H,6-11,13H2,1-2H3,(H,19,23). The van der Waals surface area contributed by atoms with E-state index in [1.165, 1.54) is 25.0 Å². The fourth-order valence-corrected chi connectivity index (χ4v) is 2.68. The van der Waals surface area contributed by atoms with Gasteiger partial charge in [-0.3, -0.25) is 14.5 Å². The van der Waals surface area contributed by atoms with Crippen LogP contribution >= 0.6 is 0 Å². The average Bonchev–Trinajstić information content (AvgIpc) is 2.66. The molecule has 0 bridgehead atoms. The number of benzene rings is 1. The molecule has 0 saturated carbocycles. The van der Waals surface area contributed by atoms with Crippen molar-refractivity contribution < 1.29 is 23.9 Å². The number of rotatable bonds is 7. The number of anilines is 1. The van der Waals surface area contributed by atoms with Crippen molar-refractivity contribution in [3.05, 3.63) is 29.8 Å². The Hall–Kier alpha value is -2.45. The number of nitrogens with zero attached hydrogens (tertiary/aromatic N) is 2. The minimum atomic E-state index is -0.495. The zero-order valence-electron chi connectivity index (χ0n) is 15.2. The second-order valence-corrected chi connectivity index (χ2v) is 5.95. The molecule has 1 heterocycles. The van der Waals surface area contributed by atoms with E-state index in [4.69, 9.17) is 4.74 Å². The van der Waals surface area contributed by atoms with E-state index in [0.29, 0.717) is 31.0 Å². The Morgan fingerprint density at radius 3 is 2.65 bits per heavy atom. The third-order valence-corrected chi connectivity index (χ3v) is 4.11. The molecule has 1 fully saturated rings. The fraction of sp³-hybridized carbons (Fsp3) is 0.500. The predicted octanol–water partition coefficient (Wildman–Crippen LogP) is 0.275. The second-order valence-electron chi connectivity index (χ2n) is 5.95. The van der Waals surface area contributed by atoms with Gasteiger partial charge in [0.2, 0.25) is 11.8 Å². The Labute approximate surface area is 153 Å². The van der Waals surface area contributed by atoms with Crippen LogP contribution in [0.4, 0.5) is 5.69 Å². The Morgan fingerprint density at radius 1 is 1.27 bits per heavy atom. The lowest BCUT2D eigenvalue weighted by molar-refractivity contribution is -0.123. The molecule has 0 atom stereocenters. The highest BCUT2D eigenvalue weighted by Crippen LogP contribution is 2.17. The van der Waals surface area contributed by atoms with Crippen molar-refractivity contribution in [1.29, 1.82) is 0 Å². The lowest BCUT2D eigenvalue weighted by atomic mass is 10.2. The van der Waals surface area contributed by atoms with Crippen LogP contribution in [0.1, 0.15) is 17.3 Å². The van der Waals surface area contributed by atoms with Gasteiger partial charge in [0.25, 0.3) is 0 Å². The van der Waals surface area contributed by atoms with Crippen LogP contribution in [0.25, 0.3) is 0 Å². The molecule has 8 nitrogen and oxygen atoms in total. The van der Waals surface area contributed by atoms with Crippen molar-refractivity contribution in [2.75, 3.05) is 57.9 Å². The molecule has 2 amide bonds. The minimum Gasteiger partial charge on any atom is -0.465 e. The summed E-state index contributed by atoms with van der Waals surface area (Å²) in [6.07, 6.45) is 0. The van der Waals surface area contributed by atoms with Gasteiger partial charge in [-0.2, -0.15) is 0 Å². The normalized spacial score (nSPS) is 14.5. The first-order chi connectivity index (χ1) is 12.5. The van der Waals surface area contributed by atoms with Crippen molar-refractivity contribution >= 4 is 23.5 Å². The molecule has 2 rings (SSSR count). The van der Waals surface area contributed by atoms with Gasteiger partial charge in [0.1, 0.15) is 6.54 Å². The summed E-state index contributed by atoms with van der Waals surface area (Å²) in [5.74, 6) is -1.03. The predicted molar refractivity (Wildman–Crippen MR) is 96.1 cm³/mol. The molecule has 8 heteroatoms. The van der Waals surface area contributed by atoms with Crippen molar-refractivity contribution in [3.63, 3.8) is 0 Å². The number of hydrogen-bond acceptors (Lipinski definition) is 6. The Morgan fingerprint density at radius 2 is 2.00 bits per heavy atom. The third-order valence-electron chi connectivity index (χ3n) is 4.11. The minimum absolute atomic E-state index is 0.108. The summed E-state index contributed by atoms with van der Waals surface area (Å²) in [5, 5.41) is 2.83. The van der Waals surface area contributed by atoms with Gasteiger partial charge in [0.05, 0.1) is 25.9 Å². The number of hydrogen-bond donors (Lipinski definition) is 1. The first kappa shape index (κ1) is 19.9. The van der Waals surface area contributed by atoms with Crippen LogP contribution in [-0.2, 0) is 19.1 Å². The zero-order valence-corrected chi connectivity index (χ0v) is 15.2. The maximum atomic E-state index is 12.2. The highest BCUT2D eigenvalue weighted by Gasteiger charge is 2.18. The van der Waals surface area contributed by atoms with E-state index in [9.17, 15) is 14.4 Å². The number of morpholine rings is 1. The van der Waals surface area contributed by atoms with Crippen molar-refractivity contribution in [2.24, 2.45) is 0 Å². The number of carbonyl (C=O) groups excluding carboxylic acids is 3. The molecular weight excluding hydrogens is 338 g/mol. The van der Waals surface area contributed by atoms with Gasteiger partial charge in [-0.1, -0.05) is 6.07 Å². The molecule has 0 unspecified atom stereocenters. The summed E-state index contributed by atoms with van der Waals surface area (Å²) in [6, 6.07) is 6.45. The Kier molecular flexibility index (Phi) is 7.55. The maximum absolute atomic E-state index is 12.2. The lowest BCUT2D eigenvalue weighted by Crippen LogP contribution is -2.44. The summed E-state index contributed by atoms with van der Waals surface area (Å²) in [4.78, 5) is 39.4. The summed E-state index contributed by atoms with van der Waals surface area (Å²) in [7, 11) is 1.29. The van der Waals surface area contributed by atoms with E-state index in [0.717, 1.165) is 19.6 Å². The Bertz CT molecular complexity index is 643. The van der Waals surface area contributed by atoms with E-state index < -0.39 is 5.97 Å².